The molecule has 0 aromatic heterocycles. The lowest BCUT2D eigenvalue weighted by Gasteiger charge is -2.41. The van der Waals surface area contributed by atoms with Crippen molar-refractivity contribution in [2.24, 2.45) is 5.92 Å². The lowest BCUT2D eigenvalue weighted by Crippen LogP contribution is -2.59. The number of halogens is 2. The van der Waals surface area contributed by atoms with Gasteiger partial charge in [-0.25, -0.2) is 0 Å². The zero-order chi connectivity index (χ0) is 10.7. The van der Waals surface area contributed by atoms with E-state index < -0.39 is 0 Å². The van der Waals surface area contributed by atoms with Crippen molar-refractivity contribution in [2.45, 2.75) is 25.8 Å². The van der Waals surface area contributed by atoms with Crippen LogP contribution in [0.25, 0.3) is 0 Å². The number of likely N-dealkylation sites (tertiary alicyclic amines) is 1. The summed E-state index contributed by atoms with van der Waals surface area (Å²) in [7, 11) is 0. The van der Waals surface area contributed by atoms with Gasteiger partial charge in [-0.3, -0.25) is 9.69 Å². The van der Waals surface area contributed by atoms with Crippen molar-refractivity contribution < 1.29 is 9.53 Å². The number of nitrogens with one attached hydrogen (secondary N) is 1. The molecule has 2 saturated heterocycles. The van der Waals surface area contributed by atoms with Crippen molar-refractivity contribution >= 4 is 30.8 Å². The van der Waals surface area contributed by atoms with Crippen molar-refractivity contribution in [3.8, 4) is 0 Å². The second-order valence-corrected chi connectivity index (χ2v) is 4.37. The predicted molar refractivity (Wildman–Crippen MR) is 72.1 cm³/mol. The zero-order valence-corrected chi connectivity index (χ0v) is 11.8. The van der Waals surface area contributed by atoms with Gasteiger partial charge in [-0.2, -0.15) is 0 Å². The van der Waals surface area contributed by atoms with E-state index in [0.29, 0.717) is 12.6 Å². The molecule has 0 saturated carbocycles. The SMILES string of the molecule is CCOC(=O)C1CCN(C2CNC2)CC1.Cl.Cl. The third-order valence-corrected chi connectivity index (χ3v) is 3.43. The predicted octanol–water partition coefficient (Wildman–Crippen LogP) is 1.08. The van der Waals surface area contributed by atoms with E-state index in [4.69, 9.17) is 4.74 Å². The van der Waals surface area contributed by atoms with Crippen LogP contribution in [0.3, 0.4) is 0 Å². The fourth-order valence-corrected chi connectivity index (χ4v) is 2.29. The summed E-state index contributed by atoms with van der Waals surface area (Å²) in [6.07, 6.45) is 1.94. The molecule has 1 N–H and O–H groups in total. The van der Waals surface area contributed by atoms with Crippen LogP contribution in [0.15, 0.2) is 0 Å². The first kappa shape index (κ1) is 17.0. The Labute approximate surface area is 115 Å². The number of piperidine rings is 1. The molecule has 0 radical (unpaired) electrons. The minimum absolute atomic E-state index is 0. The highest BCUT2D eigenvalue weighted by molar-refractivity contribution is 5.85. The quantitative estimate of drug-likeness (QED) is 0.788. The minimum Gasteiger partial charge on any atom is -0.466 e. The van der Waals surface area contributed by atoms with Gasteiger partial charge >= 0.3 is 5.97 Å². The summed E-state index contributed by atoms with van der Waals surface area (Å²) < 4.78 is 5.05. The second-order valence-electron chi connectivity index (χ2n) is 4.37. The molecule has 2 fully saturated rings. The van der Waals surface area contributed by atoms with E-state index in [1.54, 1.807) is 0 Å². The number of ether oxygens (including phenoxy) is 1. The van der Waals surface area contributed by atoms with Crippen molar-refractivity contribution in [1.82, 2.24) is 10.2 Å². The van der Waals surface area contributed by atoms with Crippen LogP contribution >= 0.6 is 24.8 Å². The molecule has 2 heterocycles. The smallest absolute Gasteiger partial charge is 0.309 e. The highest BCUT2D eigenvalue weighted by Crippen LogP contribution is 2.21. The Balaban J connectivity index is 0.00000128. The van der Waals surface area contributed by atoms with E-state index in [2.05, 4.69) is 10.2 Å². The number of carbonyl (C=O) groups is 1. The van der Waals surface area contributed by atoms with Gasteiger partial charge in [0.05, 0.1) is 12.5 Å². The van der Waals surface area contributed by atoms with E-state index in [1.807, 2.05) is 6.92 Å². The molecule has 0 aromatic rings. The van der Waals surface area contributed by atoms with Crippen LogP contribution in [-0.4, -0.2) is 49.7 Å². The molecule has 0 aromatic carbocycles. The summed E-state index contributed by atoms with van der Waals surface area (Å²) in [5.41, 5.74) is 0. The molecule has 2 aliphatic heterocycles. The number of hydrogen-bond donors (Lipinski definition) is 1. The third kappa shape index (κ3) is 4.28. The first-order valence-corrected chi connectivity index (χ1v) is 5.92. The van der Waals surface area contributed by atoms with Gasteiger partial charge < -0.3 is 10.1 Å². The molecule has 0 spiro atoms. The molecule has 2 rings (SSSR count). The maximum Gasteiger partial charge on any atom is 0.309 e. The molecular formula is C11H22Cl2N2O2. The number of nitrogens with zero attached hydrogens (tertiary/aromatic N) is 1. The standard InChI is InChI=1S/C11H20N2O2.2ClH/c1-2-15-11(14)9-3-5-13(6-4-9)10-7-12-8-10;;/h9-10,12H,2-8H2,1H3;2*1H. The van der Waals surface area contributed by atoms with Crippen LogP contribution in [0.2, 0.25) is 0 Å². The zero-order valence-electron chi connectivity index (χ0n) is 10.2. The van der Waals surface area contributed by atoms with Gasteiger partial charge in [-0.1, -0.05) is 0 Å². The lowest BCUT2D eigenvalue weighted by molar-refractivity contribution is -0.149. The van der Waals surface area contributed by atoms with Gasteiger partial charge in [-0.05, 0) is 32.9 Å². The van der Waals surface area contributed by atoms with Crippen LogP contribution in [0.5, 0.6) is 0 Å². The number of rotatable bonds is 3. The molecule has 0 unspecified atom stereocenters. The Kier molecular flexibility index (Phi) is 8.12. The van der Waals surface area contributed by atoms with Crippen LogP contribution in [0.1, 0.15) is 19.8 Å². The summed E-state index contributed by atoms with van der Waals surface area (Å²) in [5, 5.41) is 3.28. The van der Waals surface area contributed by atoms with Crippen LogP contribution in [-0.2, 0) is 9.53 Å². The second kappa shape index (κ2) is 8.14. The summed E-state index contributed by atoms with van der Waals surface area (Å²) in [6.45, 7) is 6.71. The lowest BCUT2D eigenvalue weighted by atomic mass is 9.95. The topological polar surface area (TPSA) is 41.6 Å². The Hall–Kier alpha value is -0.0300. The van der Waals surface area contributed by atoms with E-state index >= 15 is 0 Å². The monoisotopic (exact) mass is 284 g/mol. The average Bonchev–Trinajstić information content (AvgIpc) is 2.16. The van der Waals surface area contributed by atoms with Gasteiger partial charge in [-0.15, -0.1) is 24.8 Å². The maximum absolute atomic E-state index is 11.5. The summed E-state index contributed by atoms with van der Waals surface area (Å²) in [4.78, 5) is 14.0. The van der Waals surface area contributed by atoms with Gasteiger partial charge in [0.15, 0.2) is 0 Å². The first-order valence-electron chi connectivity index (χ1n) is 5.92. The van der Waals surface area contributed by atoms with Gasteiger partial charge in [0.25, 0.3) is 0 Å². The molecule has 102 valence electrons. The molecular weight excluding hydrogens is 263 g/mol. The Morgan fingerprint density at radius 3 is 2.29 bits per heavy atom. The van der Waals surface area contributed by atoms with Crippen LogP contribution in [0.4, 0.5) is 0 Å². The molecule has 6 heteroatoms. The van der Waals surface area contributed by atoms with Crippen LogP contribution in [0, 0.1) is 5.92 Å². The van der Waals surface area contributed by atoms with Crippen molar-refractivity contribution in [3.05, 3.63) is 0 Å². The number of carbonyl (C=O) groups excluding carboxylic acids is 1. The number of hydrogen-bond acceptors (Lipinski definition) is 4. The number of esters is 1. The van der Waals surface area contributed by atoms with Crippen molar-refractivity contribution in [3.63, 3.8) is 0 Å². The molecule has 17 heavy (non-hydrogen) atoms. The largest absolute Gasteiger partial charge is 0.466 e. The first-order chi connectivity index (χ1) is 7.31. The molecule has 0 amide bonds. The summed E-state index contributed by atoms with van der Waals surface area (Å²) in [5.74, 6) is 0.151. The van der Waals surface area contributed by atoms with E-state index in [-0.39, 0.29) is 36.7 Å². The summed E-state index contributed by atoms with van der Waals surface area (Å²) in [6, 6.07) is 0.716. The Bertz CT molecular complexity index is 230. The maximum atomic E-state index is 11.5. The van der Waals surface area contributed by atoms with Gasteiger partial charge in [0.1, 0.15) is 0 Å². The molecule has 4 nitrogen and oxygen atoms in total. The summed E-state index contributed by atoms with van der Waals surface area (Å²) >= 11 is 0. The minimum atomic E-state index is 0. The molecule has 0 aliphatic carbocycles. The van der Waals surface area contributed by atoms with Crippen LogP contribution < -0.4 is 5.32 Å². The van der Waals surface area contributed by atoms with Crippen molar-refractivity contribution in [2.75, 3.05) is 32.8 Å². The average molecular weight is 285 g/mol. The fourth-order valence-electron chi connectivity index (χ4n) is 2.29. The molecule has 0 bridgehead atoms. The fraction of sp³-hybridized carbons (Fsp3) is 0.909. The van der Waals surface area contributed by atoms with Gasteiger partial charge in [0.2, 0.25) is 0 Å². The molecule has 2 aliphatic rings. The Morgan fingerprint density at radius 1 is 1.29 bits per heavy atom. The third-order valence-electron chi connectivity index (χ3n) is 3.43. The normalized spacial score (nSPS) is 21.9. The van der Waals surface area contributed by atoms with E-state index in [0.717, 1.165) is 39.0 Å². The van der Waals surface area contributed by atoms with Crippen molar-refractivity contribution in [1.29, 1.82) is 0 Å². The van der Waals surface area contributed by atoms with Gasteiger partial charge in [0, 0.05) is 19.1 Å². The van der Waals surface area contributed by atoms with E-state index in [1.165, 1.54) is 0 Å². The molecule has 0 atom stereocenters. The highest BCUT2D eigenvalue weighted by atomic mass is 35.5. The highest BCUT2D eigenvalue weighted by Gasteiger charge is 2.31. The van der Waals surface area contributed by atoms with E-state index in [9.17, 15) is 4.79 Å². The Morgan fingerprint density at radius 2 is 1.88 bits per heavy atom.